The minimum absolute atomic E-state index is 0.210. The number of amides is 2. The molecule has 0 saturated carbocycles. The van der Waals surface area contributed by atoms with Gasteiger partial charge in [0.2, 0.25) is 0 Å². The second-order valence-electron chi connectivity index (χ2n) is 6.26. The third-order valence-corrected chi connectivity index (χ3v) is 4.52. The summed E-state index contributed by atoms with van der Waals surface area (Å²) in [5.41, 5.74) is 2.78. The summed E-state index contributed by atoms with van der Waals surface area (Å²) in [6.45, 7) is 1.99. The number of urea groups is 1. The Morgan fingerprint density at radius 3 is 2.58 bits per heavy atom. The third-order valence-electron chi connectivity index (χ3n) is 4.27. The van der Waals surface area contributed by atoms with Crippen LogP contribution < -0.4 is 5.32 Å². The van der Waals surface area contributed by atoms with Gasteiger partial charge in [-0.25, -0.2) is 9.78 Å². The second kappa shape index (κ2) is 7.62. The van der Waals surface area contributed by atoms with Crippen LogP contribution >= 0.6 is 11.6 Å². The highest BCUT2D eigenvalue weighted by atomic mass is 35.5. The van der Waals surface area contributed by atoms with Crippen LogP contribution in [0.1, 0.15) is 23.0 Å². The molecule has 1 atom stereocenters. The van der Waals surface area contributed by atoms with Crippen molar-refractivity contribution < 1.29 is 4.79 Å². The molecule has 0 saturated heterocycles. The van der Waals surface area contributed by atoms with Gasteiger partial charge in [0.15, 0.2) is 0 Å². The van der Waals surface area contributed by atoms with E-state index in [1.54, 1.807) is 18.1 Å². The summed E-state index contributed by atoms with van der Waals surface area (Å²) in [5.74, 6) is 0.772. The maximum atomic E-state index is 12.9. The fourth-order valence-electron chi connectivity index (χ4n) is 2.88. The first-order valence-corrected chi connectivity index (χ1v) is 8.66. The van der Waals surface area contributed by atoms with Crippen LogP contribution in [0.15, 0.2) is 60.9 Å². The van der Waals surface area contributed by atoms with Crippen molar-refractivity contribution >= 4 is 23.3 Å². The van der Waals surface area contributed by atoms with Crippen LogP contribution in [0.4, 0.5) is 10.5 Å². The highest BCUT2D eigenvalue weighted by Gasteiger charge is 2.26. The second-order valence-corrected chi connectivity index (χ2v) is 6.70. The highest BCUT2D eigenvalue weighted by Crippen LogP contribution is 2.28. The summed E-state index contributed by atoms with van der Waals surface area (Å²) in [5, 5.41) is 3.60. The molecular formula is C20H21ClN4O. The van der Waals surface area contributed by atoms with E-state index in [9.17, 15) is 4.79 Å². The molecule has 5 nitrogen and oxygen atoms in total. The molecular weight excluding hydrogens is 348 g/mol. The predicted molar refractivity (Wildman–Crippen MR) is 104 cm³/mol. The van der Waals surface area contributed by atoms with E-state index in [4.69, 9.17) is 11.6 Å². The van der Waals surface area contributed by atoms with Gasteiger partial charge in [-0.1, -0.05) is 35.9 Å². The lowest BCUT2D eigenvalue weighted by Gasteiger charge is -2.28. The summed E-state index contributed by atoms with van der Waals surface area (Å²) >= 11 is 6.02. The van der Waals surface area contributed by atoms with Crippen molar-refractivity contribution in [1.82, 2.24) is 14.5 Å². The fraction of sp³-hybridized carbons (Fsp3) is 0.200. The number of imidazole rings is 1. The van der Waals surface area contributed by atoms with Gasteiger partial charge in [-0.2, -0.15) is 0 Å². The SMILES string of the molecule is Cc1cccc(NC(=O)N(C)C(c2ccc(Cl)cc2)c2nccn2C)c1. The van der Waals surface area contributed by atoms with Gasteiger partial charge in [0, 0.05) is 37.2 Å². The number of aryl methyl sites for hydroxylation is 2. The van der Waals surface area contributed by atoms with Crippen molar-refractivity contribution in [3.8, 4) is 0 Å². The lowest BCUT2D eigenvalue weighted by Crippen LogP contribution is -2.36. The number of aromatic nitrogens is 2. The number of halogens is 1. The maximum Gasteiger partial charge on any atom is 0.322 e. The molecule has 3 aromatic rings. The van der Waals surface area contributed by atoms with Crippen molar-refractivity contribution in [3.05, 3.63) is 82.9 Å². The van der Waals surface area contributed by atoms with Crippen LogP contribution in [0.3, 0.4) is 0 Å². The Morgan fingerprint density at radius 1 is 1.23 bits per heavy atom. The zero-order valence-corrected chi connectivity index (χ0v) is 15.7. The maximum absolute atomic E-state index is 12.9. The lowest BCUT2D eigenvalue weighted by molar-refractivity contribution is 0.209. The predicted octanol–water partition coefficient (Wildman–Crippen LogP) is 4.64. The van der Waals surface area contributed by atoms with Crippen LogP contribution in [0.5, 0.6) is 0 Å². The molecule has 0 aliphatic heterocycles. The average Bonchev–Trinajstić information content (AvgIpc) is 3.02. The number of hydrogen-bond donors (Lipinski definition) is 1. The molecule has 0 aliphatic rings. The first-order chi connectivity index (χ1) is 12.5. The van der Waals surface area contributed by atoms with Crippen LogP contribution in [0, 0.1) is 6.92 Å². The Labute approximate surface area is 158 Å². The summed E-state index contributed by atoms with van der Waals surface area (Å²) in [4.78, 5) is 19.0. The topological polar surface area (TPSA) is 50.2 Å². The molecule has 3 rings (SSSR count). The Hall–Kier alpha value is -2.79. The molecule has 0 fully saturated rings. The van der Waals surface area contributed by atoms with E-state index in [0.717, 1.165) is 22.6 Å². The molecule has 134 valence electrons. The van der Waals surface area contributed by atoms with Gasteiger partial charge < -0.3 is 14.8 Å². The smallest absolute Gasteiger partial charge is 0.322 e. The molecule has 1 unspecified atom stereocenters. The fourth-order valence-corrected chi connectivity index (χ4v) is 3.01. The molecule has 6 heteroatoms. The number of nitrogens with one attached hydrogen (secondary N) is 1. The third kappa shape index (κ3) is 3.89. The van der Waals surface area contributed by atoms with Crippen LogP contribution in [0.25, 0.3) is 0 Å². The molecule has 0 aliphatic carbocycles. The number of anilines is 1. The highest BCUT2D eigenvalue weighted by molar-refractivity contribution is 6.30. The van der Waals surface area contributed by atoms with Gasteiger partial charge in [0.25, 0.3) is 0 Å². The zero-order valence-electron chi connectivity index (χ0n) is 15.0. The lowest BCUT2D eigenvalue weighted by atomic mass is 10.1. The number of hydrogen-bond acceptors (Lipinski definition) is 2. The molecule has 1 aromatic heterocycles. The van der Waals surface area contributed by atoms with E-state index < -0.39 is 0 Å². The average molecular weight is 369 g/mol. The van der Waals surface area contributed by atoms with E-state index in [1.807, 2.05) is 73.3 Å². The monoisotopic (exact) mass is 368 g/mol. The summed E-state index contributed by atoms with van der Waals surface area (Å²) < 4.78 is 1.91. The van der Waals surface area contributed by atoms with Crippen LogP contribution in [-0.4, -0.2) is 27.5 Å². The van der Waals surface area contributed by atoms with Crippen LogP contribution in [0.2, 0.25) is 5.02 Å². The Balaban J connectivity index is 1.92. The number of carbonyl (C=O) groups excluding carboxylic acids is 1. The van der Waals surface area contributed by atoms with Gasteiger partial charge >= 0.3 is 6.03 Å². The van der Waals surface area contributed by atoms with E-state index >= 15 is 0 Å². The van der Waals surface area contributed by atoms with Crippen LogP contribution in [-0.2, 0) is 7.05 Å². The molecule has 1 N–H and O–H groups in total. The number of nitrogens with zero attached hydrogens (tertiary/aromatic N) is 3. The first-order valence-electron chi connectivity index (χ1n) is 8.29. The van der Waals surface area contributed by atoms with E-state index in [1.165, 1.54) is 0 Å². The van der Waals surface area contributed by atoms with Gasteiger partial charge in [-0.05, 0) is 42.3 Å². The Kier molecular flexibility index (Phi) is 5.28. The van der Waals surface area contributed by atoms with Crippen molar-refractivity contribution in [2.75, 3.05) is 12.4 Å². The van der Waals surface area contributed by atoms with Gasteiger partial charge in [-0.15, -0.1) is 0 Å². The standard InChI is InChI=1S/C20H21ClN4O/c1-14-5-4-6-17(13-14)23-20(26)25(3)18(19-22-11-12-24(19)2)15-7-9-16(21)10-8-15/h4-13,18H,1-3H3,(H,23,26). The van der Waals surface area contributed by atoms with Gasteiger partial charge in [-0.3, -0.25) is 0 Å². The molecule has 2 amide bonds. The molecule has 0 spiro atoms. The molecule has 26 heavy (non-hydrogen) atoms. The number of rotatable bonds is 4. The van der Waals surface area contributed by atoms with Gasteiger partial charge in [0.1, 0.15) is 11.9 Å². The zero-order chi connectivity index (χ0) is 18.7. The van der Waals surface area contributed by atoms with E-state index in [-0.39, 0.29) is 12.1 Å². The summed E-state index contributed by atoms with van der Waals surface area (Å²) in [7, 11) is 3.68. The van der Waals surface area contributed by atoms with Gasteiger partial charge in [0.05, 0.1) is 0 Å². The number of benzene rings is 2. The van der Waals surface area contributed by atoms with Crippen molar-refractivity contribution in [1.29, 1.82) is 0 Å². The quantitative estimate of drug-likeness (QED) is 0.729. The molecule has 2 aromatic carbocycles. The molecule has 1 heterocycles. The van der Waals surface area contributed by atoms with E-state index in [0.29, 0.717) is 5.02 Å². The normalized spacial score (nSPS) is 11.8. The van der Waals surface area contributed by atoms with Crippen molar-refractivity contribution in [2.24, 2.45) is 7.05 Å². The van der Waals surface area contributed by atoms with E-state index in [2.05, 4.69) is 10.3 Å². The van der Waals surface area contributed by atoms with Crippen molar-refractivity contribution in [3.63, 3.8) is 0 Å². The Morgan fingerprint density at radius 2 is 1.96 bits per heavy atom. The Bertz CT molecular complexity index is 904. The first kappa shape index (κ1) is 18.0. The summed E-state index contributed by atoms with van der Waals surface area (Å²) in [6, 6.07) is 14.6. The largest absolute Gasteiger partial charge is 0.336 e. The summed E-state index contributed by atoms with van der Waals surface area (Å²) in [6.07, 6.45) is 3.59. The molecule has 0 radical (unpaired) electrons. The van der Waals surface area contributed by atoms with Crippen molar-refractivity contribution in [2.45, 2.75) is 13.0 Å². The minimum Gasteiger partial charge on any atom is -0.336 e. The number of carbonyl (C=O) groups is 1. The molecule has 0 bridgehead atoms. The minimum atomic E-state index is -0.336.